The molecule has 0 fully saturated rings. The maximum absolute atomic E-state index is 7.62. The molecule has 4 nitrogen and oxygen atoms in total. The molecule has 0 saturated carbocycles. The summed E-state index contributed by atoms with van der Waals surface area (Å²) < 4.78 is 0. The van der Waals surface area contributed by atoms with Gasteiger partial charge in [-0.15, -0.1) is 5.25 Å². The lowest BCUT2D eigenvalue weighted by Gasteiger charge is -1.89. The van der Waals surface area contributed by atoms with Gasteiger partial charge in [-0.3, -0.25) is 0 Å². The van der Waals surface area contributed by atoms with E-state index in [9.17, 15) is 0 Å². The van der Waals surface area contributed by atoms with Crippen molar-refractivity contribution in [3.8, 4) is 0 Å². The van der Waals surface area contributed by atoms with E-state index in [4.69, 9.17) is 15.0 Å². The summed E-state index contributed by atoms with van der Waals surface area (Å²) in [5.41, 5.74) is 0. The van der Waals surface area contributed by atoms with Gasteiger partial charge in [-0.2, -0.15) is 0 Å². The predicted molar refractivity (Wildman–Crippen MR) is 16.3 cm³/mol. The molecule has 0 aliphatic rings. The molecule has 5 heteroatoms. The molecular formula is H4NO3P. The third kappa shape index (κ3) is 4.27. The highest BCUT2D eigenvalue weighted by molar-refractivity contribution is 7.42. The SMILES string of the molecule is ONP(O)O. The summed E-state index contributed by atoms with van der Waals surface area (Å²) in [6, 6.07) is 0. The van der Waals surface area contributed by atoms with Gasteiger partial charge in [0.2, 0.25) is 0 Å². The van der Waals surface area contributed by atoms with E-state index < -0.39 is 8.53 Å². The van der Waals surface area contributed by atoms with Crippen LogP contribution in [0.3, 0.4) is 0 Å². The van der Waals surface area contributed by atoms with Crippen LogP contribution in [0.2, 0.25) is 0 Å². The largest absolute Gasteiger partial charge is 0.337 e. The highest BCUT2D eigenvalue weighted by Crippen LogP contribution is 2.11. The van der Waals surface area contributed by atoms with Crippen molar-refractivity contribution in [3.05, 3.63) is 0 Å². The molecule has 4 N–H and O–H groups in total. The maximum Gasteiger partial charge on any atom is 0.275 e. The van der Waals surface area contributed by atoms with E-state index in [1.54, 1.807) is 0 Å². The number of rotatable bonds is 1. The quantitative estimate of drug-likeness (QED) is 0.254. The Labute approximate surface area is 30.0 Å². The predicted octanol–water partition coefficient (Wildman–Crippen LogP) is -0.823. The van der Waals surface area contributed by atoms with Crippen LogP contribution in [-0.2, 0) is 0 Å². The first-order valence-corrected chi connectivity index (χ1v) is 2.09. The van der Waals surface area contributed by atoms with E-state index in [-0.39, 0.29) is 0 Å². The summed E-state index contributed by atoms with van der Waals surface area (Å²) in [6.07, 6.45) is 0. The number of hydrogen-bond donors (Lipinski definition) is 4. The fraction of sp³-hybridized carbons (Fsp3) is 0. The molecular weight excluding hydrogens is 93.0 g/mol. The molecule has 0 spiro atoms. The van der Waals surface area contributed by atoms with Crippen LogP contribution in [-0.4, -0.2) is 15.0 Å². The summed E-state index contributed by atoms with van der Waals surface area (Å²) in [6.45, 7) is 0. The van der Waals surface area contributed by atoms with Gasteiger partial charge >= 0.3 is 0 Å². The van der Waals surface area contributed by atoms with E-state index in [1.165, 1.54) is 5.25 Å². The second kappa shape index (κ2) is 2.50. The van der Waals surface area contributed by atoms with Gasteiger partial charge < -0.3 is 15.0 Å². The van der Waals surface area contributed by atoms with Crippen molar-refractivity contribution in [2.45, 2.75) is 0 Å². The third-order valence-corrected chi connectivity index (χ3v) is 0.268. The van der Waals surface area contributed by atoms with Crippen LogP contribution < -0.4 is 5.25 Å². The first kappa shape index (κ1) is 5.27. The molecule has 0 radical (unpaired) electrons. The molecule has 0 aliphatic heterocycles. The van der Waals surface area contributed by atoms with Gasteiger partial charge in [0.25, 0.3) is 8.53 Å². The normalized spacial score (nSPS) is 9.60. The van der Waals surface area contributed by atoms with Gasteiger partial charge in [0.1, 0.15) is 0 Å². The van der Waals surface area contributed by atoms with E-state index >= 15 is 0 Å². The number of hydrogen-bond acceptors (Lipinski definition) is 4. The molecule has 0 heterocycles. The van der Waals surface area contributed by atoms with Crippen LogP contribution in [0.5, 0.6) is 0 Å². The van der Waals surface area contributed by atoms with Crippen LogP contribution >= 0.6 is 8.53 Å². The van der Waals surface area contributed by atoms with Crippen molar-refractivity contribution in [2.24, 2.45) is 0 Å². The fourth-order valence-electron chi connectivity index (χ4n) is 0. The minimum Gasteiger partial charge on any atom is -0.337 e. The van der Waals surface area contributed by atoms with Crippen LogP contribution in [0.25, 0.3) is 0 Å². The highest BCUT2D eigenvalue weighted by Gasteiger charge is 1.85. The van der Waals surface area contributed by atoms with Gasteiger partial charge in [-0.1, -0.05) is 0 Å². The van der Waals surface area contributed by atoms with Crippen molar-refractivity contribution < 1.29 is 15.0 Å². The van der Waals surface area contributed by atoms with Gasteiger partial charge in [-0.25, -0.2) is 0 Å². The molecule has 32 valence electrons. The zero-order chi connectivity index (χ0) is 4.28. The first-order chi connectivity index (χ1) is 2.27. The zero-order valence-corrected chi connectivity index (χ0v) is 3.18. The lowest BCUT2D eigenvalue weighted by Crippen LogP contribution is -1.94. The van der Waals surface area contributed by atoms with E-state index in [0.29, 0.717) is 0 Å². The fourth-order valence-corrected chi connectivity index (χ4v) is 0. The summed E-state index contributed by atoms with van der Waals surface area (Å²) in [7, 11) is -2.29. The Hall–Kier alpha value is 0.270. The second-order valence-corrected chi connectivity index (χ2v) is 1.17. The molecule has 0 rings (SSSR count). The Morgan fingerprint density at radius 2 is 1.60 bits per heavy atom. The summed E-state index contributed by atoms with van der Waals surface area (Å²) >= 11 is 0. The summed E-state index contributed by atoms with van der Waals surface area (Å²) in [5.74, 6) is 0. The lowest BCUT2D eigenvalue weighted by molar-refractivity contribution is 0.220. The van der Waals surface area contributed by atoms with Crippen molar-refractivity contribution in [1.82, 2.24) is 5.25 Å². The molecule has 0 bridgehead atoms. The molecule has 5 heavy (non-hydrogen) atoms. The average molecular weight is 97.0 g/mol. The molecule has 0 atom stereocenters. The lowest BCUT2D eigenvalue weighted by atomic mass is 13.5. The van der Waals surface area contributed by atoms with E-state index in [2.05, 4.69) is 0 Å². The Kier molecular flexibility index (Phi) is 2.64. The van der Waals surface area contributed by atoms with Gasteiger partial charge in [0.05, 0.1) is 0 Å². The second-order valence-electron chi connectivity index (χ2n) is 0.389. The van der Waals surface area contributed by atoms with Gasteiger partial charge in [0, 0.05) is 0 Å². The molecule has 0 amide bonds. The van der Waals surface area contributed by atoms with Crippen molar-refractivity contribution in [1.29, 1.82) is 0 Å². The molecule has 0 saturated heterocycles. The molecule has 0 aromatic rings. The zero-order valence-electron chi connectivity index (χ0n) is 2.29. The average Bonchev–Trinajstić information content (AvgIpc) is 1.38. The minimum atomic E-state index is -2.29. The smallest absolute Gasteiger partial charge is 0.275 e. The topological polar surface area (TPSA) is 72.7 Å². The van der Waals surface area contributed by atoms with Crippen molar-refractivity contribution in [3.63, 3.8) is 0 Å². The van der Waals surface area contributed by atoms with Crippen LogP contribution in [0, 0.1) is 0 Å². The molecule has 0 aromatic carbocycles. The highest BCUT2D eigenvalue weighted by atomic mass is 31.2. The Bertz CT molecular complexity index is 20.9. The van der Waals surface area contributed by atoms with E-state index in [0.717, 1.165) is 0 Å². The Morgan fingerprint density at radius 1 is 1.40 bits per heavy atom. The molecule has 0 aromatic heterocycles. The minimum absolute atomic E-state index is 1.20. The maximum atomic E-state index is 7.62. The van der Waals surface area contributed by atoms with E-state index in [1.807, 2.05) is 0 Å². The Morgan fingerprint density at radius 3 is 1.60 bits per heavy atom. The molecule has 0 unspecified atom stereocenters. The van der Waals surface area contributed by atoms with Crippen LogP contribution in [0.15, 0.2) is 0 Å². The first-order valence-electron chi connectivity index (χ1n) is 0.847. The monoisotopic (exact) mass is 97.0 g/mol. The Balaban J connectivity index is 2.54. The summed E-state index contributed by atoms with van der Waals surface area (Å²) in [4.78, 5) is 15.2. The van der Waals surface area contributed by atoms with Crippen LogP contribution in [0.1, 0.15) is 0 Å². The van der Waals surface area contributed by atoms with Crippen molar-refractivity contribution in [2.75, 3.05) is 0 Å². The molecule has 0 aliphatic carbocycles. The summed E-state index contributed by atoms with van der Waals surface area (Å²) in [5, 5.41) is 8.63. The van der Waals surface area contributed by atoms with Gasteiger partial charge in [0.15, 0.2) is 0 Å². The standard InChI is InChI=1S/H4NO3P/c2-1-5(3)4/h1-4H. The number of nitrogens with one attached hydrogen (secondary N) is 1. The van der Waals surface area contributed by atoms with Gasteiger partial charge in [-0.05, 0) is 0 Å². The third-order valence-electron chi connectivity index (χ3n) is 0.0894. The van der Waals surface area contributed by atoms with Crippen LogP contribution in [0.4, 0.5) is 0 Å². The van der Waals surface area contributed by atoms with Crippen molar-refractivity contribution >= 4 is 8.53 Å².